The third kappa shape index (κ3) is 4.55. The Kier molecular flexibility index (Phi) is 6.12. The number of carbonyl (C=O) groups is 1. The van der Waals surface area contributed by atoms with Gasteiger partial charge < -0.3 is 9.84 Å². The van der Waals surface area contributed by atoms with Gasteiger partial charge >= 0.3 is 5.97 Å². The Morgan fingerprint density at radius 1 is 1.50 bits per heavy atom. The molecule has 20 heavy (non-hydrogen) atoms. The number of halogens is 1. The van der Waals surface area contributed by atoms with E-state index >= 15 is 0 Å². The summed E-state index contributed by atoms with van der Waals surface area (Å²) >= 11 is 3.06. The van der Waals surface area contributed by atoms with Gasteiger partial charge in [-0.05, 0) is 48.0 Å². The first kappa shape index (κ1) is 17.1. The number of aromatic carboxylic acids is 1. The number of carboxylic acid groups (broad SMARTS) is 1. The smallest absolute Gasteiger partial charge is 0.336 e. The predicted octanol–water partition coefficient (Wildman–Crippen LogP) is 1.85. The van der Waals surface area contributed by atoms with Crippen LogP contribution in [0.5, 0.6) is 0 Å². The summed E-state index contributed by atoms with van der Waals surface area (Å²) in [6.07, 6.45) is -0.260. The second-order valence-corrected chi connectivity index (χ2v) is 6.69. The van der Waals surface area contributed by atoms with Gasteiger partial charge in [0.1, 0.15) is 0 Å². The van der Waals surface area contributed by atoms with Crippen LogP contribution in [0.25, 0.3) is 0 Å². The second kappa shape index (κ2) is 7.16. The zero-order chi connectivity index (χ0) is 15.3. The van der Waals surface area contributed by atoms with Crippen molar-refractivity contribution in [3.05, 3.63) is 28.2 Å². The summed E-state index contributed by atoms with van der Waals surface area (Å²) in [6, 6.07) is 3.84. The van der Waals surface area contributed by atoms with Crippen LogP contribution in [0.2, 0.25) is 0 Å². The Bertz CT molecular complexity index is 588. The van der Waals surface area contributed by atoms with Crippen LogP contribution in [0.15, 0.2) is 27.6 Å². The number of rotatable bonds is 7. The average molecular weight is 366 g/mol. The molecule has 0 heterocycles. The normalized spacial score (nSPS) is 13.2. The van der Waals surface area contributed by atoms with E-state index in [4.69, 9.17) is 9.84 Å². The summed E-state index contributed by atoms with van der Waals surface area (Å²) in [6.45, 7) is 4.17. The topological polar surface area (TPSA) is 92.7 Å². The number of benzene rings is 1. The molecule has 6 nitrogen and oxygen atoms in total. The Hall–Kier alpha value is -0.960. The van der Waals surface area contributed by atoms with Crippen molar-refractivity contribution < 1.29 is 23.1 Å². The lowest BCUT2D eigenvalue weighted by molar-refractivity contribution is 0.0695. The van der Waals surface area contributed by atoms with Crippen LogP contribution in [-0.4, -0.2) is 38.7 Å². The van der Waals surface area contributed by atoms with Crippen molar-refractivity contribution in [3.8, 4) is 0 Å². The van der Waals surface area contributed by atoms with Gasteiger partial charge in [-0.2, -0.15) is 0 Å². The van der Waals surface area contributed by atoms with Crippen LogP contribution in [0, 0.1) is 0 Å². The van der Waals surface area contributed by atoms with Crippen molar-refractivity contribution in [2.24, 2.45) is 0 Å². The van der Waals surface area contributed by atoms with E-state index < -0.39 is 16.0 Å². The van der Waals surface area contributed by atoms with Crippen molar-refractivity contribution in [1.82, 2.24) is 4.72 Å². The van der Waals surface area contributed by atoms with Crippen molar-refractivity contribution in [2.45, 2.75) is 24.8 Å². The molecule has 0 saturated carbocycles. The molecule has 0 aliphatic heterocycles. The fraction of sp³-hybridized carbons (Fsp3) is 0.417. The summed E-state index contributed by atoms with van der Waals surface area (Å²) < 4.78 is 32.0. The summed E-state index contributed by atoms with van der Waals surface area (Å²) in [5.41, 5.74) is -0.106. The maximum absolute atomic E-state index is 12.1. The molecule has 0 aliphatic carbocycles. The van der Waals surface area contributed by atoms with Crippen molar-refractivity contribution in [3.63, 3.8) is 0 Å². The molecular formula is C12H16BrNO5S. The summed E-state index contributed by atoms with van der Waals surface area (Å²) in [5.74, 6) is -1.20. The molecule has 1 unspecified atom stereocenters. The van der Waals surface area contributed by atoms with E-state index in [1.807, 2.05) is 6.92 Å². The molecule has 1 aromatic rings. The van der Waals surface area contributed by atoms with Gasteiger partial charge in [-0.15, -0.1) is 0 Å². The van der Waals surface area contributed by atoms with Crippen molar-refractivity contribution in [1.29, 1.82) is 0 Å². The highest BCUT2D eigenvalue weighted by molar-refractivity contribution is 9.10. The second-order valence-electron chi connectivity index (χ2n) is 4.06. The minimum Gasteiger partial charge on any atom is -0.478 e. The third-order valence-electron chi connectivity index (χ3n) is 2.49. The quantitative estimate of drug-likeness (QED) is 0.768. The lowest BCUT2D eigenvalue weighted by Gasteiger charge is -2.13. The maximum Gasteiger partial charge on any atom is 0.336 e. The fourth-order valence-corrected chi connectivity index (χ4v) is 3.05. The number of hydrogen-bond donors (Lipinski definition) is 2. The fourth-order valence-electron chi connectivity index (χ4n) is 1.49. The molecular weight excluding hydrogens is 350 g/mol. The summed E-state index contributed by atoms with van der Waals surface area (Å²) in [4.78, 5) is 10.9. The van der Waals surface area contributed by atoms with Crippen LogP contribution < -0.4 is 4.72 Å². The van der Waals surface area contributed by atoms with Gasteiger partial charge in [0.05, 0.1) is 16.6 Å². The third-order valence-corrected chi connectivity index (χ3v) is 4.60. The van der Waals surface area contributed by atoms with Gasteiger partial charge in [-0.1, -0.05) is 0 Å². The molecule has 1 atom stereocenters. The van der Waals surface area contributed by atoms with Crippen LogP contribution in [-0.2, 0) is 14.8 Å². The highest BCUT2D eigenvalue weighted by Crippen LogP contribution is 2.21. The van der Waals surface area contributed by atoms with E-state index in [1.54, 1.807) is 6.92 Å². The maximum atomic E-state index is 12.1. The van der Waals surface area contributed by atoms with Gasteiger partial charge in [0.15, 0.2) is 0 Å². The van der Waals surface area contributed by atoms with Crippen LogP contribution in [0.4, 0.5) is 0 Å². The molecule has 8 heteroatoms. The number of hydrogen-bond acceptors (Lipinski definition) is 4. The number of sulfonamides is 1. The van der Waals surface area contributed by atoms with E-state index in [2.05, 4.69) is 20.7 Å². The predicted molar refractivity (Wildman–Crippen MR) is 77.4 cm³/mol. The molecule has 0 bridgehead atoms. The van der Waals surface area contributed by atoms with Crippen LogP contribution in [0.3, 0.4) is 0 Å². The molecule has 112 valence electrons. The molecule has 1 aromatic carbocycles. The van der Waals surface area contributed by atoms with E-state index in [0.29, 0.717) is 11.1 Å². The average Bonchev–Trinajstić information content (AvgIpc) is 2.37. The number of ether oxygens (including phenoxy) is 1. The van der Waals surface area contributed by atoms with E-state index in [9.17, 15) is 13.2 Å². The Balaban J connectivity index is 2.93. The van der Waals surface area contributed by atoms with Crippen LogP contribution >= 0.6 is 15.9 Å². The highest BCUT2D eigenvalue weighted by atomic mass is 79.9. The van der Waals surface area contributed by atoms with Crippen molar-refractivity contribution in [2.75, 3.05) is 13.2 Å². The van der Waals surface area contributed by atoms with Crippen molar-refractivity contribution >= 4 is 31.9 Å². The van der Waals surface area contributed by atoms with E-state index in [0.717, 1.165) is 6.07 Å². The molecule has 2 N–H and O–H groups in total. The molecule has 1 rings (SSSR count). The van der Waals surface area contributed by atoms with Gasteiger partial charge in [-0.3, -0.25) is 0 Å². The lowest BCUT2D eigenvalue weighted by Crippen LogP contribution is -2.32. The number of carboxylic acids is 1. The Morgan fingerprint density at radius 2 is 2.15 bits per heavy atom. The molecule has 0 radical (unpaired) electrons. The SMILES string of the molecule is CCOC(C)CNS(=O)(=O)c1ccc(Br)c(C(=O)O)c1. The Labute approximate surface area is 126 Å². The Morgan fingerprint density at radius 3 is 2.70 bits per heavy atom. The zero-order valence-electron chi connectivity index (χ0n) is 11.1. The molecule has 0 aliphatic rings. The number of nitrogens with one attached hydrogen (secondary N) is 1. The minimum absolute atomic E-state index is 0.0956. The summed E-state index contributed by atoms with van der Waals surface area (Å²) in [7, 11) is -3.76. The standard InChI is InChI=1S/C12H16BrNO5S/c1-3-19-8(2)7-14-20(17,18)9-4-5-11(13)10(6-9)12(15)16/h4-6,8,14H,3,7H2,1-2H3,(H,15,16). The molecule has 0 fully saturated rings. The molecule has 0 spiro atoms. The highest BCUT2D eigenvalue weighted by Gasteiger charge is 2.18. The molecule has 0 aromatic heterocycles. The molecule has 0 saturated heterocycles. The zero-order valence-corrected chi connectivity index (χ0v) is 13.5. The largest absolute Gasteiger partial charge is 0.478 e. The van der Waals surface area contributed by atoms with E-state index in [1.165, 1.54) is 12.1 Å². The first-order chi connectivity index (χ1) is 9.27. The molecule has 0 amide bonds. The first-order valence-corrected chi connectivity index (χ1v) is 8.19. The van der Waals surface area contributed by atoms with Gasteiger partial charge in [0.25, 0.3) is 0 Å². The minimum atomic E-state index is -3.76. The van der Waals surface area contributed by atoms with Gasteiger partial charge in [0.2, 0.25) is 10.0 Å². The first-order valence-electron chi connectivity index (χ1n) is 5.92. The van der Waals surface area contributed by atoms with E-state index in [-0.39, 0.29) is 23.1 Å². The van der Waals surface area contributed by atoms with Crippen LogP contribution in [0.1, 0.15) is 24.2 Å². The van der Waals surface area contributed by atoms with Gasteiger partial charge in [-0.25, -0.2) is 17.9 Å². The van der Waals surface area contributed by atoms with Gasteiger partial charge in [0, 0.05) is 17.6 Å². The summed E-state index contributed by atoms with van der Waals surface area (Å²) in [5, 5.41) is 8.98. The lowest BCUT2D eigenvalue weighted by atomic mass is 10.2. The monoisotopic (exact) mass is 365 g/mol.